The molecule has 10 heavy (non-hydrogen) atoms. The molecule has 0 saturated carbocycles. The van der Waals surface area contributed by atoms with E-state index < -0.39 is 0 Å². The number of aryl methyl sites for hydroxylation is 2. The molecule has 2 heteroatoms. The minimum absolute atomic E-state index is 1.37. The molecule has 0 radical (unpaired) electrons. The first kappa shape index (κ1) is 7.73. The van der Waals surface area contributed by atoms with Gasteiger partial charge in [0, 0.05) is 23.8 Å². The molecule has 0 saturated heterocycles. The number of aromatic nitrogens is 1. The maximum atomic E-state index is 2.17. The highest BCUT2D eigenvalue weighted by Crippen LogP contribution is 2.24. The van der Waals surface area contributed by atoms with Crippen LogP contribution in [0.4, 0.5) is 0 Å². The van der Waals surface area contributed by atoms with E-state index in [4.69, 9.17) is 0 Å². The van der Waals surface area contributed by atoms with Gasteiger partial charge in [0.2, 0.25) is 0 Å². The summed E-state index contributed by atoms with van der Waals surface area (Å²) in [5.74, 6) is 0. The quantitative estimate of drug-likeness (QED) is 0.564. The highest BCUT2D eigenvalue weighted by molar-refractivity contribution is 7.98. The Kier molecular flexibility index (Phi) is 2.09. The van der Waals surface area contributed by atoms with E-state index in [1.807, 2.05) is 11.8 Å². The van der Waals surface area contributed by atoms with E-state index in [1.165, 1.54) is 16.2 Å². The summed E-state index contributed by atoms with van der Waals surface area (Å²) in [5, 5.41) is 0. The van der Waals surface area contributed by atoms with Crippen molar-refractivity contribution in [3.05, 3.63) is 17.5 Å². The van der Waals surface area contributed by atoms with Gasteiger partial charge < -0.3 is 4.57 Å². The Labute approximate surface area is 66.4 Å². The van der Waals surface area contributed by atoms with E-state index in [0.29, 0.717) is 0 Å². The molecule has 1 aromatic rings. The standard InChI is InChI=1S/C8H13NS/c1-6-5-9(3)7(2)8(6)10-4/h5H,1-4H3. The summed E-state index contributed by atoms with van der Waals surface area (Å²) in [7, 11) is 2.09. The van der Waals surface area contributed by atoms with Crippen molar-refractivity contribution in [3.63, 3.8) is 0 Å². The van der Waals surface area contributed by atoms with Crippen molar-refractivity contribution in [2.45, 2.75) is 18.7 Å². The van der Waals surface area contributed by atoms with Crippen LogP contribution < -0.4 is 0 Å². The lowest BCUT2D eigenvalue weighted by Gasteiger charge is -1.97. The van der Waals surface area contributed by atoms with Gasteiger partial charge in [-0.2, -0.15) is 0 Å². The predicted molar refractivity (Wildman–Crippen MR) is 46.7 cm³/mol. The van der Waals surface area contributed by atoms with Gasteiger partial charge in [0.15, 0.2) is 0 Å². The summed E-state index contributed by atoms with van der Waals surface area (Å²) in [4.78, 5) is 1.42. The van der Waals surface area contributed by atoms with Crippen LogP contribution in [-0.4, -0.2) is 10.8 Å². The van der Waals surface area contributed by atoms with Crippen LogP contribution in [0.3, 0.4) is 0 Å². The summed E-state index contributed by atoms with van der Waals surface area (Å²) in [6.07, 6.45) is 4.29. The molecule has 0 fully saturated rings. The van der Waals surface area contributed by atoms with Gasteiger partial charge in [0.25, 0.3) is 0 Å². The zero-order chi connectivity index (χ0) is 7.72. The molecular formula is C8H13NS. The predicted octanol–water partition coefficient (Wildman–Crippen LogP) is 2.36. The second kappa shape index (κ2) is 2.70. The summed E-state index contributed by atoms with van der Waals surface area (Å²) in [6, 6.07) is 0. The number of thioether (sulfide) groups is 1. The van der Waals surface area contributed by atoms with Crippen LogP contribution in [0.25, 0.3) is 0 Å². The molecule has 56 valence electrons. The molecule has 0 unspecified atom stereocenters. The van der Waals surface area contributed by atoms with Gasteiger partial charge in [0.05, 0.1) is 0 Å². The van der Waals surface area contributed by atoms with Crippen molar-refractivity contribution < 1.29 is 0 Å². The van der Waals surface area contributed by atoms with Crippen LogP contribution in [0.2, 0.25) is 0 Å². The number of nitrogens with zero attached hydrogens (tertiary/aromatic N) is 1. The normalized spacial score (nSPS) is 10.4. The topological polar surface area (TPSA) is 4.93 Å². The molecule has 1 aromatic heterocycles. The molecule has 0 spiro atoms. The molecule has 0 atom stereocenters. The Morgan fingerprint density at radius 2 is 2.00 bits per heavy atom. The Hall–Kier alpha value is -0.370. The SMILES string of the molecule is CSc1c(C)cn(C)c1C. The van der Waals surface area contributed by atoms with E-state index in [1.54, 1.807) is 0 Å². The zero-order valence-electron chi connectivity index (χ0n) is 6.93. The highest BCUT2D eigenvalue weighted by Gasteiger charge is 2.04. The minimum Gasteiger partial charge on any atom is -0.353 e. The summed E-state index contributed by atoms with van der Waals surface area (Å²) in [5.41, 5.74) is 2.75. The van der Waals surface area contributed by atoms with Gasteiger partial charge in [-0.15, -0.1) is 11.8 Å². The molecule has 0 N–H and O–H groups in total. The zero-order valence-corrected chi connectivity index (χ0v) is 7.75. The molecular weight excluding hydrogens is 142 g/mol. The van der Waals surface area contributed by atoms with E-state index in [2.05, 4.69) is 37.9 Å². The van der Waals surface area contributed by atoms with E-state index in [9.17, 15) is 0 Å². The van der Waals surface area contributed by atoms with Crippen LogP contribution in [0.5, 0.6) is 0 Å². The van der Waals surface area contributed by atoms with Crippen LogP contribution in [0.1, 0.15) is 11.3 Å². The molecule has 1 heterocycles. The molecule has 1 nitrogen and oxygen atoms in total. The second-order valence-electron chi connectivity index (χ2n) is 2.54. The van der Waals surface area contributed by atoms with Crippen LogP contribution in [-0.2, 0) is 7.05 Å². The van der Waals surface area contributed by atoms with Gasteiger partial charge in [-0.1, -0.05) is 0 Å². The fourth-order valence-corrected chi connectivity index (χ4v) is 2.01. The third kappa shape index (κ3) is 1.08. The van der Waals surface area contributed by atoms with Gasteiger partial charge in [-0.25, -0.2) is 0 Å². The lowest BCUT2D eigenvalue weighted by Crippen LogP contribution is -1.87. The van der Waals surface area contributed by atoms with Gasteiger partial charge >= 0.3 is 0 Å². The van der Waals surface area contributed by atoms with Crippen LogP contribution in [0, 0.1) is 13.8 Å². The van der Waals surface area contributed by atoms with Gasteiger partial charge in [-0.3, -0.25) is 0 Å². The largest absolute Gasteiger partial charge is 0.353 e. The van der Waals surface area contributed by atoms with Gasteiger partial charge in [0.1, 0.15) is 0 Å². The van der Waals surface area contributed by atoms with E-state index in [-0.39, 0.29) is 0 Å². The molecule has 0 aliphatic rings. The summed E-state index contributed by atoms with van der Waals surface area (Å²) < 4.78 is 2.17. The average molecular weight is 155 g/mol. The Morgan fingerprint density at radius 1 is 1.40 bits per heavy atom. The van der Waals surface area contributed by atoms with Crippen molar-refractivity contribution in [2.24, 2.45) is 7.05 Å². The van der Waals surface area contributed by atoms with Crippen molar-refractivity contribution >= 4 is 11.8 Å². The first-order valence-electron chi connectivity index (χ1n) is 3.33. The lowest BCUT2D eigenvalue weighted by atomic mass is 10.3. The average Bonchev–Trinajstić information content (AvgIpc) is 2.09. The smallest absolute Gasteiger partial charge is 0.0305 e. The van der Waals surface area contributed by atoms with Gasteiger partial charge in [-0.05, 0) is 25.7 Å². The molecule has 0 amide bonds. The molecule has 0 aliphatic carbocycles. The maximum Gasteiger partial charge on any atom is 0.0305 e. The Morgan fingerprint density at radius 3 is 2.20 bits per heavy atom. The number of hydrogen-bond donors (Lipinski definition) is 0. The third-order valence-electron chi connectivity index (χ3n) is 1.81. The Balaban J connectivity index is 3.20. The minimum atomic E-state index is 1.37. The number of hydrogen-bond acceptors (Lipinski definition) is 1. The summed E-state index contributed by atoms with van der Waals surface area (Å²) in [6.45, 7) is 4.30. The molecule has 0 aliphatic heterocycles. The summed E-state index contributed by atoms with van der Waals surface area (Å²) >= 11 is 1.82. The lowest BCUT2D eigenvalue weighted by molar-refractivity contribution is 0.869. The number of rotatable bonds is 1. The second-order valence-corrected chi connectivity index (χ2v) is 3.36. The fraction of sp³-hybridized carbons (Fsp3) is 0.500. The maximum absolute atomic E-state index is 2.17. The third-order valence-corrected chi connectivity index (χ3v) is 2.83. The van der Waals surface area contributed by atoms with E-state index in [0.717, 1.165) is 0 Å². The van der Waals surface area contributed by atoms with Crippen LogP contribution in [0.15, 0.2) is 11.1 Å². The first-order valence-corrected chi connectivity index (χ1v) is 4.55. The van der Waals surface area contributed by atoms with Crippen LogP contribution >= 0.6 is 11.8 Å². The van der Waals surface area contributed by atoms with Crippen molar-refractivity contribution in [2.75, 3.05) is 6.26 Å². The van der Waals surface area contributed by atoms with Crippen molar-refractivity contribution in [3.8, 4) is 0 Å². The van der Waals surface area contributed by atoms with Crippen molar-refractivity contribution in [1.29, 1.82) is 0 Å². The van der Waals surface area contributed by atoms with Crippen molar-refractivity contribution in [1.82, 2.24) is 4.57 Å². The molecule has 0 bridgehead atoms. The molecule has 0 aromatic carbocycles. The van der Waals surface area contributed by atoms with E-state index >= 15 is 0 Å². The highest BCUT2D eigenvalue weighted by atomic mass is 32.2. The molecule has 1 rings (SSSR count). The Bertz CT molecular complexity index is 238. The first-order chi connectivity index (χ1) is 4.66. The monoisotopic (exact) mass is 155 g/mol. The fourth-order valence-electron chi connectivity index (χ4n) is 1.20.